The van der Waals surface area contributed by atoms with Crippen LogP contribution in [0.5, 0.6) is 0 Å². The Morgan fingerprint density at radius 1 is 1.16 bits per heavy atom. The second-order valence-corrected chi connectivity index (χ2v) is 8.47. The van der Waals surface area contributed by atoms with Gasteiger partial charge in [-0.05, 0) is 50.5 Å². The summed E-state index contributed by atoms with van der Waals surface area (Å²) >= 11 is 0. The fourth-order valence-corrected chi connectivity index (χ4v) is 4.80. The largest absolute Gasteiger partial charge is 0.408 e. The number of nitriles is 1. The van der Waals surface area contributed by atoms with Crippen LogP contribution in [0.4, 0.5) is 17.6 Å². The summed E-state index contributed by atoms with van der Waals surface area (Å²) in [6, 6.07) is 3.60. The minimum Gasteiger partial charge on any atom is -0.354 e. The Balaban J connectivity index is 2.01. The van der Waals surface area contributed by atoms with Crippen molar-refractivity contribution >= 4 is 16.6 Å². The summed E-state index contributed by atoms with van der Waals surface area (Å²) in [5, 5.41) is 10.5. The van der Waals surface area contributed by atoms with E-state index in [1.54, 1.807) is 31.2 Å². The van der Waals surface area contributed by atoms with Gasteiger partial charge in [-0.25, -0.2) is 4.39 Å². The zero-order valence-electron chi connectivity index (χ0n) is 17.6. The number of benzene rings is 1. The Kier molecular flexibility index (Phi) is 5.59. The number of fused-ring (bicyclic) bond motifs is 1. The van der Waals surface area contributed by atoms with Crippen LogP contribution in [0.15, 0.2) is 30.4 Å². The van der Waals surface area contributed by atoms with Crippen molar-refractivity contribution in [2.24, 2.45) is 0 Å². The summed E-state index contributed by atoms with van der Waals surface area (Å²) < 4.78 is 57.4. The summed E-state index contributed by atoms with van der Waals surface area (Å²) in [6.07, 6.45) is 5.56. The molecule has 1 fully saturated rings. The van der Waals surface area contributed by atoms with Crippen molar-refractivity contribution in [3.05, 3.63) is 53.0 Å². The SMILES string of the molecule is Cc1cc2c(cc1F)c(C#N)c(C1=CC=CCN1[C@H](C)C(F)(F)F)n2C1CCCCC1. The monoisotopic (exact) mass is 431 g/mol. The van der Waals surface area contributed by atoms with Crippen molar-refractivity contribution < 1.29 is 17.6 Å². The summed E-state index contributed by atoms with van der Waals surface area (Å²) in [7, 11) is 0. The molecule has 4 rings (SSSR count). The standard InChI is InChI=1S/C24H25F4N3/c1-15-12-22-18(13-20(15)25)19(14-29)23(31(22)17-8-4-3-5-9-17)21-10-6-7-11-30(21)16(2)24(26,27)28/h6-7,10,12-13,16-17H,3-5,8-9,11H2,1-2H3/t16-/m1/s1. The third-order valence-corrected chi connectivity index (χ3v) is 6.52. The van der Waals surface area contributed by atoms with E-state index in [0.717, 1.165) is 39.0 Å². The van der Waals surface area contributed by atoms with Crippen LogP contribution in [0.2, 0.25) is 0 Å². The molecule has 7 heteroatoms. The van der Waals surface area contributed by atoms with Gasteiger partial charge >= 0.3 is 6.18 Å². The molecule has 1 saturated carbocycles. The Bertz CT molecular complexity index is 1090. The molecule has 1 aromatic carbocycles. The van der Waals surface area contributed by atoms with Gasteiger partial charge in [0.2, 0.25) is 0 Å². The minimum atomic E-state index is -4.42. The molecule has 0 amide bonds. The van der Waals surface area contributed by atoms with Crippen LogP contribution in [0.25, 0.3) is 16.6 Å². The van der Waals surface area contributed by atoms with Crippen LogP contribution >= 0.6 is 0 Å². The van der Waals surface area contributed by atoms with Crippen molar-refractivity contribution in [2.45, 2.75) is 64.2 Å². The third kappa shape index (κ3) is 3.73. The van der Waals surface area contributed by atoms with E-state index < -0.39 is 18.0 Å². The van der Waals surface area contributed by atoms with Crippen LogP contribution in [0.3, 0.4) is 0 Å². The lowest BCUT2D eigenvalue weighted by Gasteiger charge is -2.36. The summed E-state index contributed by atoms with van der Waals surface area (Å²) in [5.41, 5.74) is 2.24. The highest BCUT2D eigenvalue weighted by Crippen LogP contribution is 2.42. The molecule has 164 valence electrons. The van der Waals surface area contributed by atoms with Crippen molar-refractivity contribution in [2.75, 3.05) is 6.54 Å². The first-order valence-corrected chi connectivity index (χ1v) is 10.7. The maximum Gasteiger partial charge on any atom is 0.408 e. The van der Waals surface area contributed by atoms with E-state index in [2.05, 4.69) is 6.07 Å². The van der Waals surface area contributed by atoms with Crippen LogP contribution in [0, 0.1) is 24.1 Å². The lowest BCUT2D eigenvalue weighted by atomic mass is 9.94. The zero-order chi connectivity index (χ0) is 22.3. The van der Waals surface area contributed by atoms with Crippen LogP contribution in [-0.4, -0.2) is 28.2 Å². The average Bonchev–Trinajstić information content (AvgIpc) is 3.06. The molecule has 0 bridgehead atoms. The predicted molar refractivity (Wildman–Crippen MR) is 113 cm³/mol. The second-order valence-electron chi connectivity index (χ2n) is 8.47. The molecule has 1 aliphatic heterocycles. The van der Waals surface area contributed by atoms with Gasteiger partial charge in [0.05, 0.1) is 22.5 Å². The molecular formula is C24H25F4N3. The maximum absolute atomic E-state index is 14.4. The van der Waals surface area contributed by atoms with Gasteiger partial charge in [0, 0.05) is 18.0 Å². The smallest absolute Gasteiger partial charge is 0.354 e. The number of alkyl halides is 3. The molecule has 31 heavy (non-hydrogen) atoms. The molecule has 0 N–H and O–H groups in total. The molecule has 1 aromatic heterocycles. The van der Waals surface area contributed by atoms with E-state index in [0.29, 0.717) is 27.9 Å². The van der Waals surface area contributed by atoms with Gasteiger partial charge in [-0.15, -0.1) is 0 Å². The van der Waals surface area contributed by atoms with Gasteiger partial charge in [0.15, 0.2) is 0 Å². The van der Waals surface area contributed by atoms with Crippen molar-refractivity contribution in [1.29, 1.82) is 5.26 Å². The Labute approximate surface area is 179 Å². The highest BCUT2D eigenvalue weighted by molar-refractivity contribution is 5.93. The van der Waals surface area contributed by atoms with Gasteiger partial charge in [-0.1, -0.05) is 31.4 Å². The summed E-state index contributed by atoms with van der Waals surface area (Å²) in [4.78, 5) is 1.29. The molecule has 2 aliphatic rings. The highest BCUT2D eigenvalue weighted by atomic mass is 19.4. The molecule has 1 aliphatic carbocycles. The molecule has 1 atom stereocenters. The van der Waals surface area contributed by atoms with Crippen LogP contribution in [-0.2, 0) is 0 Å². The molecule has 0 saturated heterocycles. The number of nitrogens with zero attached hydrogens (tertiary/aromatic N) is 3. The number of allylic oxidation sites excluding steroid dienone is 2. The lowest BCUT2D eigenvalue weighted by molar-refractivity contribution is -0.169. The quantitative estimate of drug-likeness (QED) is 0.511. The van der Waals surface area contributed by atoms with E-state index in [9.17, 15) is 22.8 Å². The molecule has 3 nitrogen and oxygen atoms in total. The van der Waals surface area contributed by atoms with Crippen LogP contribution in [0.1, 0.15) is 61.9 Å². The zero-order valence-corrected chi connectivity index (χ0v) is 17.6. The topological polar surface area (TPSA) is 32.0 Å². The molecular weight excluding hydrogens is 406 g/mol. The Hall–Kier alpha value is -2.75. The maximum atomic E-state index is 14.4. The molecule has 0 radical (unpaired) electrons. The highest BCUT2D eigenvalue weighted by Gasteiger charge is 2.42. The van der Waals surface area contributed by atoms with E-state index in [-0.39, 0.29) is 18.2 Å². The fourth-order valence-electron chi connectivity index (χ4n) is 4.80. The van der Waals surface area contributed by atoms with Gasteiger partial charge < -0.3 is 9.47 Å². The summed E-state index contributed by atoms with van der Waals surface area (Å²) in [6.45, 7) is 2.90. The van der Waals surface area contributed by atoms with Gasteiger partial charge in [-0.2, -0.15) is 18.4 Å². The number of halogens is 4. The first-order chi connectivity index (χ1) is 14.7. The first-order valence-electron chi connectivity index (χ1n) is 10.7. The normalized spacial score (nSPS) is 18.9. The van der Waals surface area contributed by atoms with Gasteiger partial charge in [0.1, 0.15) is 17.9 Å². The Morgan fingerprint density at radius 3 is 2.52 bits per heavy atom. The van der Waals surface area contributed by atoms with Crippen molar-refractivity contribution in [3.63, 3.8) is 0 Å². The number of hydrogen-bond donors (Lipinski definition) is 0. The van der Waals surface area contributed by atoms with E-state index >= 15 is 0 Å². The molecule has 0 spiro atoms. The second kappa shape index (κ2) is 8.07. The number of aryl methyl sites for hydroxylation is 1. The van der Waals surface area contributed by atoms with E-state index in [4.69, 9.17) is 0 Å². The average molecular weight is 431 g/mol. The van der Waals surface area contributed by atoms with Crippen LogP contribution < -0.4 is 0 Å². The number of aromatic nitrogens is 1. The number of rotatable bonds is 3. The number of hydrogen-bond acceptors (Lipinski definition) is 2. The lowest BCUT2D eigenvalue weighted by Crippen LogP contribution is -2.43. The summed E-state index contributed by atoms with van der Waals surface area (Å²) in [5.74, 6) is -0.422. The fraction of sp³-hybridized carbons (Fsp3) is 0.458. The molecule has 2 aromatic rings. The molecule has 0 unspecified atom stereocenters. The minimum absolute atomic E-state index is 0.0630. The van der Waals surface area contributed by atoms with Crippen molar-refractivity contribution in [3.8, 4) is 6.07 Å². The van der Waals surface area contributed by atoms with E-state index in [1.165, 1.54) is 11.0 Å². The van der Waals surface area contributed by atoms with Crippen molar-refractivity contribution in [1.82, 2.24) is 9.47 Å². The third-order valence-electron chi connectivity index (χ3n) is 6.52. The Morgan fingerprint density at radius 2 is 1.87 bits per heavy atom. The molecule has 2 heterocycles. The van der Waals surface area contributed by atoms with Gasteiger partial charge in [0.25, 0.3) is 0 Å². The van der Waals surface area contributed by atoms with E-state index in [1.807, 2.05) is 4.57 Å². The first kappa shape index (κ1) is 21.5. The predicted octanol–water partition coefficient (Wildman–Crippen LogP) is 6.63. The van der Waals surface area contributed by atoms with Gasteiger partial charge in [-0.3, -0.25) is 0 Å².